The lowest BCUT2D eigenvalue weighted by Gasteiger charge is -2.09. The van der Waals surface area contributed by atoms with Crippen molar-refractivity contribution in [2.45, 2.75) is 11.4 Å². The van der Waals surface area contributed by atoms with Crippen molar-refractivity contribution in [1.82, 2.24) is 10.0 Å². The molecule has 0 aromatic heterocycles. The van der Waals surface area contributed by atoms with Crippen LogP contribution in [0.3, 0.4) is 0 Å². The molecule has 0 radical (unpaired) electrons. The predicted octanol–water partition coefficient (Wildman–Crippen LogP) is 3.35. The Bertz CT molecular complexity index is 842. The van der Waals surface area contributed by atoms with Gasteiger partial charge in [-0.25, -0.2) is 13.1 Å². The summed E-state index contributed by atoms with van der Waals surface area (Å²) in [4.78, 5) is 11.9. The van der Waals surface area contributed by atoms with Gasteiger partial charge in [0.1, 0.15) is 0 Å². The monoisotopic (exact) mass is 450 g/mol. The van der Waals surface area contributed by atoms with Gasteiger partial charge in [-0.2, -0.15) is 0 Å². The largest absolute Gasteiger partial charge is 0.351 e. The third kappa shape index (κ3) is 5.46. The first-order chi connectivity index (χ1) is 11.3. The third-order valence-corrected chi connectivity index (χ3v) is 5.57. The molecule has 0 unspecified atom stereocenters. The molecule has 0 saturated heterocycles. The zero-order chi connectivity index (χ0) is 17.7. The molecule has 0 bridgehead atoms. The Morgan fingerprint density at radius 1 is 1.08 bits per heavy atom. The number of amides is 1. The number of carbonyl (C=O) groups is 1. The van der Waals surface area contributed by atoms with Gasteiger partial charge in [-0.05, 0) is 42.0 Å². The van der Waals surface area contributed by atoms with Crippen LogP contribution in [-0.4, -0.2) is 20.9 Å². The number of hydrogen-bond acceptors (Lipinski definition) is 3. The van der Waals surface area contributed by atoms with E-state index in [4.69, 9.17) is 23.2 Å². The van der Waals surface area contributed by atoms with Gasteiger partial charge in [0, 0.05) is 21.1 Å². The van der Waals surface area contributed by atoms with E-state index in [1.165, 1.54) is 12.1 Å². The molecule has 9 heteroatoms. The molecule has 24 heavy (non-hydrogen) atoms. The molecule has 0 saturated carbocycles. The minimum Gasteiger partial charge on any atom is -0.351 e. The van der Waals surface area contributed by atoms with E-state index in [1.54, 1.807) is 30.3 Å². The van der Waals surface area contributed by atoms with Crippen LogP contribution in [0.15, 0.2) is 51.8 Å². The summed E-state index contributed by atoms with van der Waals surface area (Å²) in [6.45, 7) is -0.196. The van der Waals surface area contributed by atoms with Crippen molar-refractivity contribution in [3.05, 3.63) is 62.5 Å². The van der Waals surface area contributed by atoms with Crippen LogP contribution >= 0.6 is 39.1 Å². The van der Waals surface area contributed by atoms with E-state index in [2.05, 4.69) is 26.0 Å². The molecule has 0 aliphatic heterocycles. The lowest BCUT2D eigenvalue weighted by Crippen LogP contribution is -2.36. The maximum Gasteiger partial charge on any atom is 0.241 e. The normalized spacial score (nSPS) is 11.3. The summed E-state index contributed by atoms with van der Waals surface area (Å²) in [6, 6.07) is 11.0. The van der Waals surface area contributed by atoms with Crippen molar-refractivity contribution in [3.8, 4) is 0 Å². The Balaban J connectivity index is 1.89. The van der Waals surface area contributed by atoms with Crippen LogP contribution in [0.4, 0.5) is 0 Å². The van der Waals surface area contributed by atoms with Crippen molar-refractivity contribution in [3.63, 3.8) is 0 Å². The van der Waals surface area contributed by atoms with Gasteiger partial charge in [-0.3, -0.25) is 4.79 Å². The fraction of sp³-hybridized carbons (Fsp3) is 0.133. The van der Waals surface area contributed by atoms with Crippen molar-refractivity contribution in [2.75, 3.05) is 6.54 Å². The molecule has 0 fully saturated rings. The van der Waals surface area contributed by atoms with Gasteiger partial charge < -0.3 is 5.32 Å². The third-order valence-electron chi connectivity index (χ3n) is 3.04. The van der Waals surface area contributed by atoms with E-state index in [-0.39, 0.29) is 18.0 Å². The van der Waals surface area contributed by atoms with Crippen LogP contribution in [0.1, 0.15) is 5.56 Å². The topological polar surface area (TPSA) is 75.3 Å². The molecule has 2 rings (SSSR count). The number of rotatable bonds is 6. The first-order valence-corrected chi connectivity index (χ1v) is 9.77. The molecule has 0 spiro atoms. The lowest BCUT2D eigenvalue weighted by molar-refractivity contribution is -0.120. The highest BCUT2D eigenvalue weighted by Crippen LogP contribution is 2.20. The zero-order valence-electron chi connectivity index (χ0n) is 12.2. The number of halogens is 3. The van der Waals surface area contributed by atoms with Crippen molar-refractivity contribution in [2.24, 2.45) is 0 Å². The zero-order valence-corrected chi connectivity index (χ0v) is 16.1. The van der Waals surface area contributed by atoms with Gasteiger partial charge in [-0.1, -0.05) is 45.2 Å². The molecule has 2 N–H and O–H groups in total. The summed E-state index contributed by atoms with van der Waals surface area (Å²) in [5.74, 6) is -0.471. The number of hydrogen-bond donors (Lipinski definition) is 2. The highest BCUT2D eigenvalue weighted by Gasteiger charge is 2.15. The van der Waals surface area contributed by atoms with Crippen LogP contribution < -0.4 is 10.0 Å². The molecule has 1 amide bonds. The van der Waals surface area contributed by atoms with E-state index in [9.17, 15) is 13.2 Å². The number of carbonyl (C=O) groups excluding carboxylic acids is 1. The molecule has 0 aliphatic rings. The van der Waals surface area contributed by atoms with Gasteiger partial charge in [0.25, 0.3) is 0 Å². The van der Waals surface area contributed by atoms with E-state index >= 15 is 0 Å². The first kappa shape index (κ1) is 19.2. The van der Waals surface area contributed by atoms with Gasteiger partial charge >= 0.3 is 0 Å². The van der Waals surface area contributed by atoms with Crippen molar-refractivity contribution in [1.29, 1.82) is 0 Å². The number of nitrogens with one attached hydrogen (secondary N) is 2. The Morgan fingerprint density at radius 3 is 2.38 bits per heavy atom. The van der Waals surface area contributed by atoms with E-state index in [1.807, 2.05) is 0 Å². The Hall–Kier alpha value is -1.12. The van der Waals surface area contributed by atoms with Crippen LogP contribution in [0.25, 0.3) is 0 Å². The molecule has 0 heterocycles. The van der Waals surface area contributed by atoms with Crippen LogP contribution in [0.5, 0.6) is 0 Å². The van der Waals surface area contributed by atoms with E-state index < -0.39 is 15.9 Å². The first-order valence-electron chi connectivity index (χ1n) is 6.74. The fourth-order valence-electron chi connectivity index (χ4n) is 1.78. The summed E-state index contributed by atoms with van der Waals surface area (Å²) >= 11 is 15.0. The SMILES string of the molecule is O=C(CNS(=O)(=O)c1ccc(Br)cc1)NCc1ccc(Cl)cc1Cl. The van der Waals surface area contributed by atoms with Crippen molar-refractivity contribution >= 4 is 55.1 Å². The van der Waals surface area contributed by atoms with Gasteiger partial charge in [0.15, 0.2) is 0 Å². The summed E-state index contributed by atoms with van der Waals surface area (Å²) in [6.07, 6.45) is 0. The minimum atomic E-state index is -3.74. The molecule has 2 aromatic carbocycles. The maximum absolute atomic E-state index is 12.1. The standard InChI is InChI=1S/C15H13BrCl2N2O3S/c16-11-2-5-13(6-3-11)24(22,23)20-9-15(21)19-8-10-1-4-12(17)7-14(10)18/h1-7,20H,8-9H2,(H,19,21). The summed E-state index contributed by atoms with van der Waals surface area (Å²) in [5, 5.41) is 3.52. The quantitative estimate of drug-likeness (QED) is 0.707. The van der Waals surface area contributed by atoms with E-state index in [0.29, 0.717) is 15.6 Å². The molecular formula is C15H13BrCl2N2O3S. The Labute approximate surface area is 158 Å². The van der Waals surface area contributed by atoms with E-state index in [0.717, 1.165) is 4.47 Å². The van der Waals surface area contributed by atoms with Crippen LogP contribution in [0, 0.1) is 0 Å². The summed E-state index contributed by atoms with van der Waals surface area (Å²) < 4.78 is 27.2. The fourth-order valence-corrected chi connectivity index (χ4v) is 3.50. The molecular weight excluding hydrogens is 439 g/mol. The average molecular weight is 452 g/mol. The number of benzene rings is 2. The van der Waals surface area contributed by atoms with Gasteiger partial charge in [0.2, 0.25) is 15.9 Å². The average Bonchev–Trinajstić information content (AvgIpc) is 2.52. The minimum absolute atomic E-state index is 0.0826. The van der Waals surface area contributed by atoms with Crippen LogP contribution in [0.2, 0.25) is 10.0 Å². The Kier molecular flexibility index (Phi) is 6.65. The molecule has 128 valence electrons. The van der Waals surface area contributed by atoms with Gasteiger partial charge in [0.05, 0.1) is 11.4 Å². The van der Waals surface area contributed by atoms with Crippen LogP contribution in [-0.2, 0) is 21.4 Å². The molecule has 0 atom stereocenters. The highest BCUT2D eigenvalue weighted by molar-refractivity contribution is 9.10. The smallest absolute Gasteiger partial charge is 0.241 e. The number of sulfonamides is 1. The highest BCUT2D eigenvalue weighted by atomic mass is 79.9. The lowest BCUT2D eigenvalue weighted by atomic mass is 10.2. The predicted molar refractivity (Wildman–Crippen MR) is 97.6 cm³/mol. The Morgan fingerprint density at radius 2 is 1.75 bits per heavy atom. The summed E-state index contributed by atoms with van der Waals surface area (Å²) in [5.41, 5.74) is 0.685. The molecule has 2 aromatic rings. The maximum atomic E-state index is 12.1. The molecule has 5 nitrogen and oxygen atoms in total. The summed E-state index contributed by atoms with van der Waals surface area (Å²) in [7, 11) is -3.74. The second-order valence-corrected chi connectivity index (χ2v) is 8.32. The second kappa shape index (κ2) is 8.31. The molecule has 0 aliphatic carbocycles. The van der Waals surface area contributed by atoms with Gasteiger partial charge in [-0.15, -0.1) is 0 Å². The second-order valence-electron chi connectivity index (χ2n) is 4.79. The van der Waals surface area contributed by atoms with Crippen molar-refractivity contribution < 1.29 is 13.2 Å².